The lowest BCUT2D eigenvalue weighted by atomic mass is 10.0. The third-order valence-corrected chi connectivity index (χ3v) is 4.48. The lowest BCUT2D eigenvalue weighted by molar-refractivity contribution is 0.0734. The Balaban J connectivity index is 1.63. The maximum absolute atomic E-state index is 12.8. The van der Waals surface area contributed by atoms with Gasteiger partial charge in [0.15, 0.2) is 5.76 Å². The highest BCUT2D eigenvalue weighted by molar-refractivity contribution is 6.15. The van der Waals surface area contributed by atoms with E-state index in [0.717, 1.165) is 5.56 Å². The number of hydrogen-bond donors (Lipinski definition) is 0. The molecular formula is C23H17NO5. The molecule has 0 atom stereocenters. The minimum absolute atomic E-state index is 0.184. The normalized spacial score (nSPS) is 13.7. The van der Waals surface area contributed by atoms with E-state index in [1.54, 1.807) is 50.6 Å². The van der Waals surface area contributed by atoms with Crippen LogP contribution in [0.2, 0.25) is 0 Å². The summed E-state index contributed by atoms with van der Waals surface area (Å²) in [6.07, 6.45) is 4.64. The molecule has 1 aromatic heterocycles. The number of Topliss-reactive ketones (excluding diaryl/α,β-unsaturated/α-hetero) is 1. The van der Waals surface area contributed by atoms with E-state index in [4.69, 9.17) is 14.2 Å². The van der Waals surface area contributed by atoms with E-state index in [9.17, 15) is 9.59 Å². The van der Waals surface area contributed by atoms with Crippen molar-refractivity contribution in [2.45, 2.75) is 6.92 Å². The molecule has 6 nitrogen and oxygen atoms in total. The first kappa shape index (κ1) is 18.4. The van der Waals surface area contributed by atoms with Gasteiger partial charge in [-0.25, -0.2) is 4.79 Å². The highest BCUT2D eigenvalue weighted by atomic mass is 16.5. The van der Waals surface area contributed by atoms with E-state index in [0.29, 0.717) is 33.9 Å². The van der Waals surface area contributed by atoms with Gasteiger partial charge >= 0.3 is 5.97 Å². The van der Waals surface area contributed by atoms with Crippen molar-refractivity contribution in [3.63, 3.8) is 0 Å². The van der Waals surface area contributed by atoms with E-state index in [2.05, 4.69) is 4.98 Å². The van der Waals surface area contributed by atoms with Gasteiger partial charge in [-0.1, -0.05) is 18.2 Å². The highest BCUT2D eigenvalue weighted by Gasteiger charge is 2.30. The van der Waals surface area contributed by atoms with Crippen LogP contribution in [0.3, 0.4) is 0 Å². The first-order valence-corrected chi connectivity index (χ1v) is 8.91. The molecule has 0 bridgehead atoms. The fraction of sp³-hybridized carbons (Fsp3) is 0.0870. The van der Waals surface area contributed by atoms with Crippen LogP contribution in [-0.2, 0) is 0 Å². The van der Waals surface area contributed by atoms with Crippen LogP contribution in [-0.4, -0.2) is 23.8 Å². The van der Waals surface area contributed by atoms with Crippen molar-refractivity contribution in [3.05, 3.63) is 88.9 Å². The number of esters is 1. The van der Waals surface area contributed by atoms with Gasteiger partial charge in [-0.3, -0.25) is 9.78 Å². The molecule has 0 spiro atoms. The van der Waals surface area contributed by atoms with Gasteiger partial charge in [0.1, 0.15) is 17.2 Å². The van der Waals surface area contributed by atoms with Crippen molar-refractivity contribution in [1.29, 1.82) is 0 Å². The molecule has 144 valence electrons. The van der Waals surface area contributed by atoms with E-state index < -0.39 is 5.97 Å². The number of aryl methyl sites for hydroxylation is 1. The second-order valence-corrected chi connectivity index (χ2v) is 6.43. The zero-order valence-electron chi connectivity index (χ0n) is 15.8. The zero-order valence-corrected chi connectivity index (χ0v) is 15.8. The van der Waals surface area contributed by atoms with Gasteiger partial charge < -0.3 is 14.2 Å². The number of hydrogen-bond acceptors (Lipinski definition) is 6. The number of pyridine rings is 1. The fourth-order valence-electron chi connectivity index (χ4n) is 3.11. The Morgan fingerprint density at radius 2 is 1.97 bits per heavy atom. The number of fused-ring (bicyclic) bond motifs is 1. The minimum atomic E-state index is -0.536. The summed E-state index contributed by atoms with van der Waals surface area (Å²) in [6.45, 7) is 1.77. The number of methoxy groups -OCH3 is 1. The Hall–Kier alpha value is -3.93. The number of carbonyl (C=O) groups excluding carboxylic acids is 2. The summed E-state index contributed by atoms with van der Waals surface area (Å²) in [5.74, 6) is 0.699. The number of aromatic nitrogens is 1. The third-order valence-electron chi connectivity index (χ3n) is 4.48. The van der Waals surface area contributed by atoms with Crippen LogP contribution < -0.4 is 14.2 Å². The van der Waals surface area contributed by atoms with E-state index >= 15 is 0 Å². The highest BCUT2D eigenvalue weighted by Crippen LogP contribution is 2.38. The van der Waals surface area contributed by atoms with Crippen LogP contribution in [0.1, 0.15) is 31.8 Å². The number of carbonyl (C=O) groups is 2. The quantitative estimate of drug-likeness (QED) is 0.379. The van der Waals surface area contributed by atoms with Crippen molar-refractivity contribution in [1.82, 2.24) is 4.98 Å². The maximum Gasteiger partial charge on any atom is 0.345 e. The molecular weight excluding hydrogens is 370 g/mol. The number of rotatable bonds is 4. The van der Waals surface area contributed by atoms with Gasteiger partial charge in [-0.15, -0.1) is 0 Å². The summed E-state index contributed by atoms with van der Waals surface area (Å²) >= 11 is 0. The summed E-state index contributed by atoms with van der Waals surface area (Å²) in [4.78, 5) is 29.0. The Kier molecular flexibility index (Phi) is 4.83. The second kappa shape index (κ2) is 7.59. The van der Waals surface area contributed by atoms with Crippen molar-refractivity contribution in [2.24, 2.45) is 0 Å². The van der Waals surface area contributed by atoms with Gasteiger partial charge in [0.2, 0.25) is 5.78 Å². The van der Waals surface area contributed by atoms with Gasteiger partial charge in [-0.05, 0) is 42.8 Å². The number of ketones is 1. The number of allylic oxidation sites excluding steroid dienone is 1. The molecule has 4 rings (SSSR count). The van der Waals surface area contributed by atoms with Gasteiger partial charge in [0.25, 0.3) is 0 Å². The van der Waals surface area contributed by atoms with Crippen LogP contribution in [0.25, 0.3) is 6.08 Å². The molecule has 2 aromatic carbocycles. The third kappa shape index (κ3) is 3.60. The number of ether oxygens (including phenoxy) is 3. The number of nitrogens with zero attached hydrogens (tertiary/aromatic N) is 1. The van der Waals surface area contributed by atoms with Gasteiger partial charge in [0, 0.05) is 24.0 Å². The largest absolute Gasteiger partial charge is 0.496 e. The van der Waals surface area contributed by atoms with Crippen LogP contribution >= 0.6 is 0 Å². The molecule has 0 unspecified atom stereocenters. The smallest absolute Gasteiger partial charge is 0.345 e. The Morgan fingerprint density at radius 3 is 2.72 bits per heavy atom. The molecule has 6 heteroatoms. The summed E-state index contributed by atoms with van der Waals surface area (Å²) in [7, 11) is 1.57. The number of benzene rings is 2. The van der Waals surface area contributed by atoms with Crippen molar-refractivity contribution >= 4 is 17.8 Å². The Bertz CT molecular complexity index is 1140. The van der Waals surface area contributed by atoms with Gasteiger partial charge in [-0.2, -0.15) is 0 Å². The molecule has 2 heterocycles. The van der Waals surface area contributed by atoms with Crippen molar-refractivity contribution in [3.8, 4) is 17.2 Å². The molecule has 1 aliphatic heterocycles. The van der Waals surface area contributed by atoms with Crippen LogP contribution in [0.5, 0.6) is 17.2 Å². The van der Waals surface area contributed by atoms with Crippen LogP contribution in [0, 0.1) is 6.92 Å². The molecule has 3 aromatic rings. The predicted molar refractivity (Wildman–Crippen MR) is 106 cm³/mol. The molecule has 0 aliphatic carbocycles. The SMILES string of the molecule is COc1ccccc1/C=C1\Oc2cc(OC(=O)c3cccnc3)cc(C)c2C1=O. The standard InChI is InChI=1S/C23H17NO5/c1-14-10-17(28-23(26)16-7-5-9-24-13-16)12-19-21(14)22(25)20(29-19)11-15-6-3-4-8-18(15)27-2/h3-13H,1-2H3/b20-11-. The maximum atomic E-state index is 12.8. The van der Waals surface area contributed by atoms with Crippen LogP contribution in [0.4, 0.5) is 0 Å². The molecule has 0 saturated heterocycles. The lowest BCUT2D eigenvalue weighted by Crippen LogP contribution is -2.09. The Labute approximate surface area is 167 Å². The lowest BCUT2D eigenvalue weighted by Gasteiger charge is -2.07. The second-order valence-electron chi connectivity index (χ2n) is 6.43. The topological polar surface area (TPSA) is 74.7 Å². The summed E-state index contributed by atoms with van der Waals surface area (Å²) < 4.78 is 16.5. The summed E-state index contributed by atoms with van der Waals surface area (Å²) in [5.41, 5.74) is 2.17. The fourth-order valence-corrected chi connectivity index (χ4v) is 3.11. The monoisotopic (exact) mass is 387 g/mol. The summed E-state index contributed by atoms with van der Waals surface area (Å²) in [6, 6.07) is 13.8. The zero-order chi connectivity index (χ0) is 20.4. The molecule has 0 radical (unpaired) electrons. The molecule has 0 fully saturated rings. The molecule has 0 N–H and O–H groups in total. The average Bonchev–Trinajstić information content (AvgIpc) is 3.04. The summed E-state index contributed by atoms with van der Waals surface area (Å²) in [5, 5.41) is 0. The molecule has 1 aliphatic rings. The van der Waals surface area contributed by atoms with Gasteiger partial charge in [0.05, 0.1) is 18.2 Å². The van der Waals surface area contributed by atoms with Crippen molar-refractivity contribution < 1.29 is 23.8 Å². The van der Waals surface area contributed by atoms with Crippen LogP contribution in [0.15, 0.2) is 66.7 Å². The van der Waals surface area contributed by atoms with E-state index in [1.807, 2.05) is 18.2 Å². The predicted octanol–water partition coefficient (Wildman–Crippen LogP) is 4.23. The Morgan fingerprint density at radius 1 is 1.14 bits per heavy atom. The first-order chi connectivity index (χ1) is 14.1. The molecule has 0 amide bonds. The molecule has 29 heavy (non-hydrogen) atoms. The number of para-hydroxylation sites is 1. The minimum Gasteiger partial charge on any atom is -0.496 e. The average molecular weight is 387 g/mol. The van der Waals surface area contributed by atoms with E-state index in [1.165, 1.54) is 12.3 Å². The van der Waals surface area contributed by atoms with Crippen molar-refractivity contribution in [2.75, 3.05) is 7.11 Å². The molecule has 0 saturated carbocycles. The first-order valence-electron chi connectivity index (χ1n) is 8.91. The van der Waals surface area contributed by atoms with E-state index in [-0.39, 0.29) is 11.5 Å².